The molecule has 0 radical (unpaired) electrons. The molecule has 1 aromatic heterocycles. The summed E-state index contributed by atoms with van der Waals surface area (Å²) < 4.78 is 4.56. The van der Waals surface area contributed by atoms with E-state index in [0.29, 0.717) is 12.5 Å². The van der Waals surface area contributed by atoms with Gasteiger partial charge in [0.25, 0.3) is 0 Å². The topological polar surface area (TPSA) is 81.3 Å². The number of carbonyl (C=O) groups is 1. The maximum Gasteiger partial charge on any atom is 0.358 e. The average Bonchev–Trinajstić information content (AvgIpc) is 2.87. The Labute approximate surface area is 99.8 Å². The van der Waals surface area contributed by atoms with Gasteiger partial charge in [0.1, 0.15) is 0 Å². The van der Waals surface area contributed by atoms with Crippen molar-refractivity contribution in [1.29, 1.82) is 0 Å². The van der Waals surface area contributed by atoms with Gasteiger partial charge in [0.05, 0.1) is 7.11 Å². The van der Waals surface area contributed by atoms with Crippen LogP contribution in [-0.4, -0.2) is 42.9 Å². The largest absolute Gasteiger partial charge is 0.464 e. The number of rotatable bonds is 3. The summed E-state index contributed by atoms with van der Waals surface area (Å²) in [5.41, 5.74) is 5.86. The van der Waals surface area contributed by atoms with E-state index < -0.39 is 5.97 Å². The summed E-state index contributed by atoms with van der Waals surface area (Å²) in [5, 5.41) is 7.88. The summed E-state index contributed by atoms with van der Waals surface area (Å²) in [7, 11) is 1.32. The highest BCUT2D eigenvalue weighted by Gasteiger charge is 2.22. The van der Waals surface area contributed by atoms with Gasteiger partial charge in [-0.25, -0.2) is 4.79 Å². The van der Waals surface area contributed by atoms with Crippen LogP contribution in [0.25, 0.3) is 0 Å². The zero-order valence-corrected chi connectivity index (χ0v) is 9.80. The Balaban J connectivity index is 2.06. The van der Waals surface area contributed by atoms with Crippen LogP contribution in [0.1, 0.15) is 16.9 Å². The van der Waals surface area contributed by atoms with Crippen LogP contribution in [0.5, 0.6) is 0 Å². The number of carbonyl (C=O) groups excluding carboxylic acids is 1. The molecule has 2 rings (SSSR count). The number of methoxy groups -OCH3 is 1. The first-order valence-corrected chi connectivity index (χ1v) is 5.61. The lowest BCUT2D eigenvalue weighted by atomic mass is 10.1. The van der Waals surface area contributed by atoms with E-state index in [9.17, 15) is 4.79 Å². The highest BCUT2D eigenvalue weighted by molar-refractivity contribution is 5.86. The smallest absolute Gasteiger partial charge is 0.358 e. The van der Waals surface area contributed by atoms with Crippen molar-refractivity contribution < 1.29 is 9.53 Å². The van der Waals surface area contributed by atoms with E-state index in [4.69, 9.17) is 5.73 Å². The van der Waals surface area contributed by atoms with E-state index in [1.807, 2.05) is 0 Å². The van der Waals surface area contributed by atoms with Gasteiger partial charge < -0.3 is 15.4 Å². The second-order valence-electron chi connectivity index (χ2n) is 4.10. The summed E-state index contributed by atoms with van der Waals surface area (Å²) >= 11 is 0. The summed E-state index contributed by atoms with van der Waals surface area (Å²) in [6.45, 7) is 2.54. The minimum absolute atomic E-state index is 0.228. The van der Waals surface area contributed by atoms with Gasteiger partial charge in [-0.05, 0) is 31.0 Å². The van der Waals surface area contributed by atoms with Gasteiger partial charge >= 0.3 is 5.97 Å². The van der Waals surface area contributed by atoms with E-state index >= 15 is 0 Å². The van der Waals surface area contributed by atoms with Crippen molar-refractivity contribution in [1.82, 2.24) is 10.2 Å². The molecule has 1 aromatic rings. The first-order valence-electron chi connectivity index (χ1n) is 5.61. The Bertz CT molecular complexity index is 393. The molecule has 2 N–H and O–H groups in total. The van der Waals surface area contributed by atoms with Crippen LogP contribution in [0.3, 0.4) is 0 Å². The van der Waals surface area contributed by atoms with Gasteiger partial charge in [-0.15, -0.1) is 10.2 Å². The van der Waals surface area contributed by atoms with Gasteiger partial charge in [0.15, 0.2) is 11.5 Å². The second-order valence-corrected chi connectivity index (χ2v) is 4.10. The highest BCUT2D eigenvalue weighted by atomic mass is 16.5. The summed E-state index contributed by atoms with van der Waals surface area (Å²) in [6.07, 6.45) is 1.08. The molecular weight excluding hydrogens is 220 g/mol. The van der Waals surface area contributed by atoms with Gasteiger partial charge in [-0.2, -0.15) is 0 Å². The molecule has 6 heteroatoms. The number of aromatic nitrogens is 2. The number of hydrogen-bond acceptors (Lipinski definition) is 6. The molecule has 92 valence electrons. The maximum absolute atomic E-state index is 11.2. The number of hydrogen-bond donors (Lipinski definition) is 1. The van der Waals surface area contributed by atoms with Crippen molar-refractivity contribution in [2.75, 3.05) is 31.6 Å². The van der Waals surface area contributed by atoms with Crippen LogP contribution < -0.4 is 10.6 Å². The van der Waals surface area contributed by atoms with Gasteiger partial charge in [0.2, 0.25) is 0 Å². The van der Waals surface area contributed by atoms with Crippen LogP contribution >= 0.6 is 0 Å². The zero-order chi connectivity index (χ0) is 12.3. The lowest BCUT2D eigenvalue weighted by Crippen LogP contribution is -2.24. The highest BCUT2D eigenvalue weighted by Crippen LogP contribution is 2.20. The molecule has 1 aliphatic heterocycles. The quantitative estimate of drug-likeness (QED) is 0.747. The number of nitrogens with zero attached hydrogens (tertiary/aromatic N) is 3. The third-order valence-corrected chi connectivity index (χ3v) is 2.99. The molecular formula is C11H16N4O2. The molecule has 0 bridgehead atoms. The van der Waals surface area contributed by atoms with E-state index in [1.54, 1.807) is 12.1 Å². The second kappa shape index (κ2) is 5.09. The van der Waals surface area contributed by atoms with Gasteiger partial charge in [-0.3, -0.25) is 0 Å². The molecule has 6 nitrogen and oxygen atoms in total. The molecule has 1 unspecified atom stereocenters. The normalized spacial score (nSPS) is 19.4. The molecule has 0 aromatic carbocycles. The third-order valence-electron chi connectivity index (χ3n) is 2.99. The molecule has 0 saturated carbocycles. The van der Waals surface area contributed by atoms with Crippen molar-refractivity contribution in [2.24, 2.45) is 11.7 Å². The molecule has 0 spiro atoms. The Morgan fingerprint density at radius 2 is 2.41 bits per heavy atom. The first kappa shape index (κ1) is 11.8. The van der Waals surface area contributed by atoms with Crippen molar-refractivity contribution in [3.05, 3.63) is 17.8 Å². The lowest BCUT2D eigenvalue weighted by Gasteiger charge is -2.16. The van der Waals surface area contributed by atoms with Crippen molar-refractivity contribution >= 4 is 11.8 Å². The fraction of sp³-hybridized carbons (Fsp3) is 0.545. The minimum atomic E-state index is -0.467. The van der Waals surface area contributed by atoms with Crippen LogP contribution in [-0.2, 0) is 4.74 Å². The Morgan fingerprint density at radius 3 is 2.94 bits per heavy atom. The predicted molar refractivity (Wildman–Crippen MR) is 62.7 cm³/mol. The SMILES string of the molecule is COC(=O)c1ccc(N2CCC(CN)C2)nn1. The predicted octanol–water partition coefficient (Wildman–Crippen LogP) is 0.0482. The summed E-state index contributed by atoms with van der Waals surface area (Å²) in [4.78, 5) is 13.3. The summed E-state index contributed by atoms with van der Waals surface area (Å²) in [5.74, 6) is 0.844. The molecule has 1 saturated heterocycles. The Kier molecular flexibility index (Phi) is 3.53. The molecule has 0 aliphatic carbocycles. The molecule has 0 amide bonds. The van der Waals surface area contributed by atoms with Crippen molar-refractivity contribution in [3.8, 4) is 0 Å². The van der Waals surface area contributed by atoms with Crippen molar-refractivity contribution in [3.63, 3.8) is 0 Å². The number of anilines is 1. The minimum Gasteiger partial charge on any atom is -0.464 e. The number of nitrogens with two attached hydrogens (primary N) is 1. The molecule has 2 heterocycles. The Hall–Kier alpha value is -1.69. The number of ether oxygens (including phenoxy) is 1. The fourth-order valence-electron chi connectivity index (χ4n) is 1.94. The lowest BCUT2D eigenvalue weighted by molar-refractivity contribution is 0.0592. The maximum atomic E-state index is 11.2. The standard InChI is InChI=1S/C11H16N4O2/c1-17-11(16)9-2-3-10(14-13-9)15-5-4-8(6-12)7-15/h2-3,8H,4-7,12H2,1H3. The van der Waals surface area contributed by atoms with Crippen LogP contribution in [0.15, 0.2) is 12.1 Å². The monoisotopic (exact) mass is 236 g/mol. The van der Waals surface area contributed by atoms with E-state index in [2.05, 4.69) is 19.8 Å². The van der Waals surface area contributed by atoms with E-state index in [0.717, 1.165) is 25.3 Å². The fourth-order valence-corrected chi connectivity index (χ4v) is 1.94. The van der Waals surface area contributed by atoms with Gasteiger partial charge in [0, 0.05) is 13.1 Å². The molecule has 1 aliphatic rings. The molecule has 1 fully saturated rings. The molecule has 17 heavy (non-hydrogen) atoms. The average molecular weight is 236 g/mol. The van der Waals surface area contributed by atoms with Crippen molar-refractivity contribution in [2.45, 2.75) is 6.42 Å². The zero-order valence-electron chi connectivity index (χ0n) is 9.80. The Morgan fingerprint density at radius 1 is 1.59 bits per heavy atom. The van der Waals surface area contributed by atoms with E-state index in [1.165, 1.54) is 7.11 Å². The van der Waals surface area contributed by atoms with Crippen LogP contribution in [0.4, 0.5) is 5.82 Å². The molecule has 1 atom stereocenters. The third kappa shape index (κ3) is 2.52. The van der Waals surface area contributed by atoms with Crippen LogP contribution in [0, 0.1) is 5.92 Å². The van der Waals surface area contributed by atoms with E-state index in [-0.39, 0.29) is 5.69 Å². The number of esters is 1. The van der Waals surface area contributed by atoms with Gasteiger partial charge in [-0.1, -0.05) is 0 Å². The first-order chi connectivity index (χ1) is 8.24. The van der Waals surface area contributed by atoms with Crippen LogP contribution in [0.2, 0.25) is 0 Å². The summed E-state index contributed by atoms with van der Waals surface area (Å²) in [6, 6.07) is 3.42.